The van der Waals surface area contributed by atoms with E-state index in [0.29, 0.717) is 13.1 Å². The standard InChI is InChI=1S/C12H19N3O3S/c16-6-5-15-8-11(7-13-15)19(17,18)14-9-12(3-4-12)10-1-2-10/h7-8,10,14,16H,1-6,9H2. The molecule has 6 nitrogen and oxygen atoms in total. The molecule has 19 heavy (non-hydrogen) atoms. The van der Waals surface area contributed by atoms with E-state index in [-0.39, 0.29) is 16.9 Å². The zero-order valence-electron chi connectivity index (χ0n) is 10.7. The number of hydrogen-bond acceptors (Lipinski definition) is 4. The highest BCUT2D eigenvalue weighted by molar-refractivity contribution is 7.89. The van der Waals surface area contributed by atoms with Crippen molar-refractivity contribution in [3.8, 4) is 0 Å². The molecule has 3 rings (SSSR count). The van der Waals surface area contributed by atoms with E-state index >= 15 is 0 Å². The van der Waals surface area contributed by atoms with Crippen LogP contribution >= 0.6 is 0 Å². The van der Waals surface area contributed by atoms with E-state index in [4.69, 9.17) is 5.11 Å². The molecule has 2 saturated carbocycles. The molecular weight excluding hydrogens is 266 g/mol. The van der Waals surface area contributed by atoms with Crippen molar-refractivity contribution in [2.45, 2.75) is 37.1 Å². The number of aliphatic hydroxyl groups excluding tert-OH is 1. The van der Waals surface area contributed by atoms with Gasteiger partial charge in [-0.1, -0.05) is 0 Å². The van der Waals surface area contributed by atoms with Gasteiger partial charge in [-0.2, -0.15) is 5.10 Å². The largest absolute Gasteiger partial charge is 0.394 e. The molecule has 0 unspecified atom stereocenters. The van der Waals surface area contributed by atoms with Gasteiger partial charge in [0.1, 0.15) is 4.90 Å². The Morgan fingerprint density at radius 1 is 1.47 bits per heavy atom. The predicted octanol–water partition coefficient (Wildman–Crippen LogP) is 0.344. The fourth-order valence-electron chi connectivity index (χ4n) is 2.62. The molecule has 0 aromatic carbocycles. The Balaban J connectivity index is 1.64. The van der Waals surface area contributed by atoms with Gasteiger partial charge in [0.15, 0.2) is 0 Å². The Morgan fingerprint density at radius 3 is 2.79 bits per heavy atom. The third-order valence-corrected chi connectivity index (χ3v) is 5.55. The Morgan fingerprint density at radius 2 is 2.21 bits per heavy atom. The van der Waals surface area contributed by atoms with Gasteiger partial charge in [-0.05, 0) is 37.0 Å². The molecular formula is C12H19N3O3S. The maximum Gasteiger partial charge on any atom is 0.243 e. The molecule has 0 bridgehead atoms. The SMILES string of the molecule is O=S(=O)(NCC1(C2CC2)CC1)c1cnn(CCO)c1. The first-order valence-electron chi connectivity index (χ1n) is 6.69. The molecule has 2 N–H and O–H groups in total. The van der Waals surface area contributed by atoms with Crippen molar-refractivity contribution in [1.29, 1.82) is 0 Å². The summed E-state index contributed by atoms with van der Waals surface area (Å²) in [6.45, 7) is 0.798. The summed E-state index contributed by atoms with van der Waals surface area (Å²) in [5.41, 5.74) is 0.244. The van der Waals surface area contributed by atoms with Gasteiger partial charge in [-0.25, -0.2) is 13.1 Å². The van der Waals surface area contributed by atoms with Crippen molar-refractivity contribution in [2.75, 3.05) is 13.2 Å². The summed E-state index contributed by atoms with van der Waals surface area (Å²) in [5.74, 6) is 0.729. The molecule has 0 radical (unpaired) electrons. The lowest BCUT2D eigenvalue weighted by molar-refractivity contribution is 0.269. The number of aromatic nitrogens is 2. The molecule has 0 aliphatic heterocycles. The summed E-state index contributed by atoms with van der Waals surface area (Å²) in [6.07, 6.45) is 7.56. The highest BCUT2D eigenvalue weighted by Crippen LogP contribution is 2.60. The molecule has 1 aromatic heterocycles. The van der Waals surface area contributed by atoms with Gasteiger partial charge in [-0.15, -0.1) is 0 Å². The average Bonchev–Trinajstić information content (AvgIpc) is 3.26. The lowest BCUT2D eigenvalue weighted by Crippen LogP contribution is -2.31. The minimum Gasteiger partial charge on any atom is -0.394 e. The smallest absolute Gasteiger partial charge is 0.243 e. The molecule has 2 aliphatic carbocycles. The minimum absolute atomic E-state index is 0.0562. The first-order chi connectivity index (χ1) is 9.06. The molecule has 1 heterocycles. The van der Waals surface area contributed by atoms with Crippen molar-refractivity contribution < 1.29 is 13.5 Å². The molecule has 106 valence electrons. The second kappa shape index (κ2) is 4.57. The monoisotopic (exact) mass is 285 g/mol. The number of rotatable bonds is 7. The second-order valence-electron chi connectivity index (χ2n) is 5.62. The van der Waals surface area contributed by atoms with Crippen LogP contribution in [0.4, 0.5) is 0 Å². The van der Waals surface area contributed by atoms with Crippen molar-refractivity contribution in [2.24, 2.45) is 11.3 Å². The second-order valence-corrected chi connectivity index (χ2v) is 7.39. The normalized spacial score (nSPS) is 21.5. The number of hydrogen-bond donors (Lipinski definition) is 2. The Labute approximate surface area is 112 Å². The molecule has 0 saturated heterocycles. The van der Waals surface area contributed by atoms with Crippen LogP contribution in [0, 0.1) is 11.3 Å². The fraction of sp³-hybridized carbons (Fsp3) is 0.750. The highest BCUT2D eigenvalue weighted by Gasteiger charge is 2.53. The zero-order valence-corrected chi connectivity index (χ0v) is 11.6. The van der Waals surface area contributed by atoms with Gasteiger partial charge in [-0.3, -0.25) is 4.68 Å². The summed E-state index contributed by atoms with van der Waals surface area (Å²) in [5, 5.41) is 12.7. The minimum atomic E-state index is -3.47. The molecule has 1 aromatic rings. The summed E-state index contributed by atoms with van der Waals surface area (Å²) in [7, 11) is -3.47. The quantitative estimate of drug-likeness (QED) is 0.757. The van der Waals surface area contributed by atoms with E-state index in [9.17, 15) is 8.42 Å². The van der Waals surface area contributed by atoms with Gasteiger partial charge in [0.25, 0.3) is 0 Å². The summed E-state index contributed by atoms with van der Waals surface area (Å²) < 4.78 is 28.4. The van der Waals surface area contributed by atoms with Gasteiger partial charge < -0.3 is 5.11 Å². The van der Waals surface area contributed by atoms with Crippen LogP contribution in [-0.4, -0.2) is 36.5 Å². The summed E-state index contributed by atoms with van der Waals surface area (Å²) in [6, 6.07) is 0. The first kappa shape index (κ1) is 13.1. The van der Waals surface area contributed by atoms with Crippen LogP contribution in [0.25, 0.3) is 0 Å². The third kappa shape index (κ3) is 2.68. The van der Waals surface area contributed by atoms with Crippen LogP contribution < -0.4 is 4.72 Å². The van der Waals surface area contributed by atoms with Crippen LogP contribution in [0.3, 0.4) is 0 Å². The van der Waals surface area contributed by atoms with Crippen molar-refractivity contribution in [1.82, 2.24) is 14.5 Å². The molecule has 7 heteroatoms. The molecule has 2 aliphatic rings. The number of nitrogens with one attached hydrogen (secondary N) is 1. The first-order valence-corrected chi connectivity index (χ1v) is 8.17. The predicted molar refractivity (Wildman–Crippen MR) is 68.9 cm³/mol. The highest BCUT2D eigenvalue weighted by atomic mass is 32.2. The van der Waals surface area contributed by atoms with Gasteiger partial charge in [0, 0.05) is 12.7 Å². The van der Waals surface area contributed by atoms with Crippen molar-refractivity contribution >= 4 is 10.0 Å². The van der Waals surface area contributed by atoms with Crippen LogP contribution in [0.5, 0.6) is 0 Å². The lowest BCUT2D eigenvalue weighted by Gasteiger charge is -2.14. The van der Waals surface area contributed by atoms with Gasteiger partial charge >= 0.3 is 0 Å². The van der Waals surface area contributed by atoms with E-state index in [0.717, 1.165) is 18.8 Å². The van der Waals surface area contributed by atoms with Crippen molar-refractivity contribution in [3.63, 3.8) is 0 Å². The van der Waals surface area contributed by atoms with E-state index in [1.54, 1.807) is 0 Å². The average molecular weight is 285 g/mol. The fourth-order valence-corrected chi connectivity index (χ4v) is 3.71. The van der Waals surface area contributed by atoms with Crippen molar-refractivity contribution in [3.05, 3.63) is 12.4 Å². The Kier molecular flexibility index (Phi) is 3.15. The Hall–Kier alpha value is -0.920. The van der Waals surface area contributed by atoms with Crippen LogP contribution in [0.1, 0.15) is 25.7 Å². The lowest BCUT2D eigenvalue weighted by atomic mass is 10.0. The maximum absolute atomic E-state index is 12.1. The molecule has 0 spiro atoms. The molecule has 2 fully saturated rings. The van der Waals surface area contributed by atoms with Crippen LogP contribution in [-0.2, 0) is 16.6 Å². The number of sulfonamides is 1. The maximum atomic E-state index is 12.1. The van der Waals surface area contributed by atoms with Crippen LogP contribution in [0.15, 0.2) is 17.3 Å². The summed E-state index contributed by atoms with van der Waals surface area (Å²) >= 11 is 0. The van der Waals surface area contributed by atoms with Crippen LogP contribution in [0.2, 0.25) is 0 Å². The molecule has 0 atom stereocenters. The van der Waals surface area contributed by atoms with E-state index in [1.165, 1.54) is 29.9 Å². The van der Waals surface area contributed by atoms with E-state index in [1.807, 2.05) is 0 Å². The van der Waals surface area contributed by atoms with Gasteiger partial charge in [0.05, 0.1) is 19.3 Å². The summed E-state index contributed by atoms with van der Waals surface area (Å²) in [4.78, 5) is 0.174. The number of aliphatic hydroxyl groups is 1. The number of nitrogens with zero attached hydrogens (tertiary/aromatic N) is 2. The van der Waals surface area contributed by atoms with E-state index in [2.05, 4.69) is 9.82 Å². The topological polar surface area (TPSA) is 84.2 Å². The zero-order chi connectivity index (χ0) is 13.5. The molecule has 0 amide bonds. The Bertz CT molecular complexity index is 559. The van der Waals surface area contributed by atoms with E-state index < -0.39 is 10.0 Å². The van der Waals surface area contributed by atoms with Gasteiger partial charge in [0.2, 0.25) is 10.0 Å². The third-order valence-electron chi connectivity index (χ3n) is 4.20.